The van der Waals surface area contributed by atoms with Crippen molar-refractivity contribution in [1.29, 1.82) is 0 Å². The van der Waals surface area contributed by atoms with Crippen molar-refractivity contribution in [3.8, 4) is 5.75 Å². The first-order chi connectivity index (χ1) is 9.86. The van der Waals surface area contributed by atoms with Crippen LogP contribution in [0.5, 0.6) is 5.75 Å². The predicted molar refractivity (Wildman–Crippen MR) is 77.1 cm³/mol. The molecule has 1 aromatic carbocycles. The summed E-state index contributed by atoms with van der Waals surface area (Å²) in [6.45, 7) is 3.06. The average molecular weight is 313 g/mol. The van der Waals surface area contributed by atoms with E-state index in [0.29, 0.717) is 19.0 Å². The van der Waals surface area contributed by atoms with Gasteiger partial charge in [0.2, 0.25) is 10.0 Å². The minimum Gasteiger partial charge on any atom is -0.495 e. The monoisotopic (exact) mass is 313 g/mol. The van der Waals surface area contributed by atoms with Gasteiger partial charge in [0.15, 0.2) is 0 Å². The molecule has 1 aliphatic heterocycles. The van der Waals surface area contributed by atoms with Crippen molar-refractivity contribution in [2.45, 2.75) is 24.7 Å². The van der Waals surface area contributed by atoms with Crippen LogP contribution in [-0.2, 0) is 10.0 Å². The summed E-state index contributed by atoms with van der Waals surface area (Å²) in [5.74, 6) is -0.537. The van der Waals surface area contributed by atoms with Gasteiger partial charge in [-0.1, -0.05) is 6.92 Å². The molecule has 21 heavy (non-hydrogen) atoms. The van der Waals surface area contributed by atoms with E-state index in [2.05, 4.69) is 6.92 Å². The number of sulfonamides is 1. The molecule has 0 amide bonds. The smallest absolute Gasteiger partial charge is 0.335 e. The maximum absolute atomic E-state index is 12.7. The Kier molecular flexibility index (Phi) is 4.53. The maximum Gasteiger partial charge on any atom is 0.335 e. The number of piperidine rings is 1. The van der Waals surface area contributed by atoms with E-state index in [4.69, 9.17) is 9.84 Å². The zero-order valence-electron chi connectivity index (χ0n) is 12.1. The SMILES string of the molecule is COc1cc(C(=O)O)ccc1S(=O)(=O)N1CCC(C)CC1. The Morgan fingerprint density at radius 1 is 1.33 bits per heavy atom. The molecule has 1 fully saturated rings. The second-order valence-electron chi connectivity index (χ2n) is 5.26. The third-order valence-electron chi connectivity index (χ3n) is 3.77. The Morgan fingerprint density at radius 3 is 2.48 bits per heavy atom. The van der Waals surface area contributed by atoms with Gasteiger partial charge in [0.25, 0.3) is 0 Å². The van der Waals surface area contributed by atoms with Crippen LogP contribution in [0.1, 0.15) is 30.1 Å². The van der Waals surface area contributed by atoms with Gasteiger partial charge < -0.3 is 9.84 Å². The van der Waals surface area contributed by atoms with Gasteiger partial charge in [0, 0.05) is 13.1 Å². The molecule has 0 bridgehead atoms. The molecule has 1 saturated heterocycles. The highest BCUT2D eigenvalue weighted by atomic mass is 32.2. The Bertz CT molecular complexity index is 633. The van der Waals surface area contributed by atoms with Crippen molar-refractivity contribution in [3.05, 3.63) is 23.8 Å². The molecule has 0 atom stereocenters. The Balaban J connectivity index is 2.38. The number of carboxylic acid groups (broad SMARTS) is 1. The first-order valence-corrected chi connectivity index (χ1v) is 8.21. The normalized spacial score (nSPS) is 17.6. The van der Waals surface area contributed by atoms with E-state index in [9.17, 15) is 13.2 Å². The zero-order valence-corrected chi connectivity index (χ0v) is 12.9. The van der Waals surface area contributed by atoms with E-state index in [0.717, 1.165) is 12.8 Å². The second-order valence-corrected chi connectivity index (χ2v) is 7.16. The number of carboxylic acids is 1. The molecule has 1 aromatic rings. The molecule has 7 heteroatoms. The lowest BCUT2D eigenvalue weighted by Crippen LogP contribution is -2.38. The van der Waals surface area contributed by atoms with Crippen LogP contribution in [0.4, 0.5) is 0 Å². The summed E-state index contributed by atoms with van der Waals surface area (Å²) in [5.41, 5.74) is -0.00179. The molecular formula is C14H19NO5S. The second kappa shape index (κ2) is 6.03. The fraction of sp³-hybridized carbons (Fsp3) is 0.500. The van der Waals surface area contributed by atoms with Crippen LogP contribution in [0.25, 0.3) is 0 Å². The molecule has 0 aromatic heterocycles. The lowest BCUT2D eigenvalue weighted by atomic mass is 10.0. The number of benzene rings is 1. The number of ether oxygens (including phenoxy) is 1. The summed E-state index contributed by atoms with van der Waals surface area (Å²) in [7, 11) is -2.32. The first kappa shape index (κ1) is 15.8. The van der Waals surface area contributed by atoms with Gasteiger partial charge >= 0.3 is 5.97 Å². The summed E-state index contributed by atoms with van der Waals surface area (Å²) in [6.07, 6.45) is 1.66. The Labute approximate surface area is 124 Å². The largest absolute Gasteiger partial charge is 0.495 e. The van der Waals surface area contributed by atoms with E-state index < -0.39 is 16.0 Å². The quantitative estimate of drug-likeness (QED) is 0.916. The van der Waals surface area contributed by atoms with Crippen LogP contribution in [0, 0.1) is 5.92 Å². The maximum atomic E-state index is 12.7. The van der Waals surface area contributed by atoms with Gasteiger partial charge in [0.1, 0.15) is 10.6 Å². The van der Waals surface area contributed by atoms with E-state index in [1.165, 1.54) is 29.6 Å². The lowest BCUT2D eigenvalue weighted by Gasteiger charge is -2.29. The van der Waals surface area contributed by atoms with Crippen LogP contribution in [0.2, 0.25) is 0 Å². The topological polar surface area (TPSA) is 83.9 Å². The molecule has 0 unspecified atom stereocenters. The lowest BCUT2D eigenvalue weighted by molar-refractivity contribution is 0.0696. The zero-order chi connectivity index (χ0) is 15.6. The van der Waals surface area contributed by atoms with Crippen molar-refractivity contribution < 1.29 is 23.1 Å². The minimum absolute atomic E-state index is 0.00179. The first-order valence-electron chi connectivity index (χ1n) is 6.77. The molecule has 0 aliphatic carbocycles. The number of hydrogen-bond donors (Lipinski definition) is 1. The van der Waals surface area contributed by atoms with Crippen LogP contribution in [-0.4, -0.2) is 44.0 Å². The van der Waals surface area contributed by atoms with E-state index >= 15 is 0 Å². The van der Waals surface area contributed by atoms with Gasteiger partial charge in [-0.2, -0.15) is 4.31 Å². The van der Waals surface area contributed by atoms with E-state index in [1.807, 2.05) is 0 Å². The summed E-state index contributed by atoms with van der Waals surface area (Å²) in [6, 6.07) is 3.82. The number of methoxy groups -OCH3 is 1. The summed E-state index contributed by atoms with van der Waals surface area (Å²) in [5, 5.41) is 8.96. The molecule has 6 nitrogen and oxygen atoms in total. The fourth-order valence-corrected chi connectivity index (χ4v) is 3.98. The number of rotatable bonds is 4. The van der Waals surface area contributed by atoms with Gasteiger partial charge in [-0.25, -0.2) is 13.2 Å². The average Bonchev–Trinajstić information content (AvgIpc) is 2.46. The Morgan fingerprint density at radius 2 is 1.95 bits per heavy atom. The van der Waals surface area contributed by atoms with Gasteiger partial charge in [-0.3, -0.25) is 0 Å². The summed E-state index contributed by atoms with van der Waals surface area (Å²) < 4.78 is 31.8. The van der Waals surface area contributed by atoms with Crippen molar-refractivity contribution in [3.63, 3.8) is 0 Å². The molecular weight excluding hydrogens is 294 g/mol. The molecule has 1 N–H and O–H groups in total. The number of nitrogens with zero attached hydrogens (tertiary/aromatic N) is 1. The van der Waals surface area contributed by atoms with Crippen LogP contribution in [0.15, 0.2) is 23.1 Å². The molecule has 1 heterocycles. The van der Waals surface area contributed by atoms with Gasteiger partial charge in [-0.15, -0.1) is 0 Å². The molecule has 0 spiro atoms. The molecule has 116 valence electrons. The highest BCUT2D eigenvalue weighted by molar-refractivity contribution is 7.89. The van der Waals surface area contributed by atoms with Crippen LogP contribution < -0.4 is 4.74 Å². The van der Waals surface area contributed by atoms with Gasteiger partial charge in [0.05, 0.1) is 12.7 Å². The predicted octanol–water partition coefficient (Wildman–Crippen LogP) is 1.81. The third-order valence-corrected chi connectivity index (χ3v) is 5.71. The fourth-order valence-electron chi connectivity index (χ4n) is 2.38. The minimum atomic E-state index is -3.66. The van der Waals surface area contributed by atoms with Crippen molar-refractivity contribution in [2.75, 3.05) is 20.2 Å². The van der Waals surface area contributed by atoms with Crippen molar-refractivity contribution in [2.24, 2.45) is 5.92 Å². The van der Waals surface area contributed by atoms with Crippen LogP contribution >= 0.6 is 0 Å². The molecule has 1 aliphatic rings. The van der Waals surface area contributed by atoms with Gasteiger partial charge in [-0.05, 0) is 37.0 Å². The standard InChI is InChI=1S/C14H19NO5S/c1-10-5-7-15(8-6-10)21(18,19)13-4-3-11(14(16)17)9-12(13)20-2/h3-4,9-10H,5-8H2,1-2H3,(H,16,17). The highest BCUT2D eigenvalue weighted by Crippen LogP contribution is 2.30. The highest BCUT2D eigenvalue weighted by Gasteiger charge is 2.30. The van der Waals surface area contributed by atoms with E-state index in [-0.39, 0.29) is 16.2 Å². The molecule has 0 radical (unpaired) electrons. The van der Waals surface area contributed by atoms with E-state index in [1.54, 1.807) is 0 Å². The number of carbonyl (C=O) groups is 1. The van der Waals surface area contributed by atoms with Crippen LogP contribution in [0.3, 0.4) is 0 Å². The number of aromatic carboxylic acids is 1. The van der Waals surface area contributed by atoms with Crippen molar-refractivity contribution in [1.82, 2.24) is 4.31 Å². The Hall–Kier alpha value is -1.60. The third kappa shape index (κ3) is 3.19. The molecule has 2 rings (SSSR count). The number of hydrogen-bond acceptors (Lipinski definition) is 4. The molecule has 0 saturated carbocycles. The summed E-state index contributed by atoms with van der Waals surface area (Å²) >= 11 is 0. The summed E-state index contributed by atoms with van der Waals surface area (Å²) in [4.78, 5) is 11.0. The van der Waals surface area contributed by atoms with Crippen molar-refractivity contribution >= 4 is 16.0 Å².